The van der Waals surface area contributed by atoms with Gasteiger partial charge in [0.05, 0.1) is 23.6 Å². The Morgan fingerprint density at radius 1 is 1.38 bits per heavy atom. The van der Waals surface area contributed by atoms with Crippen molar-refractivity contribution in [1.82, 2.24) is 9.78 Å². The van der Waals surface area contributed by atoms with Crippen molar-refractivity contribution < 1.29 is 14.2 Å². The molecule has 0 spiro atoms. The number of aliphatic hydroxyl groups excluding tert-OH is 1. The molecule has 4 nitrogen and oxygen atoms in total. The lowest BCUT2D eigenvalue weighted by molar-refractivity contribution is 0.293. The zero-order chi connectivity index (χ0) is 15.2. The van der Waals surface area contributed by atoms with Gasteiger partial charge in [0.1, 0.15) is 18.2 Å². The van der Waals surface area contributed by atoms with E-state index >= 15 is 0 Å². The Hall–Kier alpha value is -2.32. The second-order valence-corrected chi connectivity index (χ2v) is 4.61. The highest BCUT2D eigenvalue weighted by Gasteiger charge is 2.05. The Morgan fingerprint density at radius 3 is 2.81 bits per heavy atom. The number of rotatable bonds is 4. The van der Waals surface area contributed by atoms with Crippen molar-refractivity contribution in [3.05, 3.63) is 47.0 Å². The van der Waals surface area contributed by atoms with Gasteiger partial charge in [0, 0.05) is 19.5 Å². The van der Waals surface area contributed by atoms with Crippen LogP contribution < -0.4 is 4.74 Å². The third-order valence-corrected chi connectivity index (χ3v) is 2.89. The maximum Gasteiger partial charge on any atom is 0.142 e. The Labute approximate surface area is 123 Å². The van der Waals surface area contributed by atoms with Crippen LogP contribution in [0.15, 0.2) is 24.3 Å². The zero-order valence-electron chi connectivity index (χ0n) is 12.1. The number of hydrogen-bond donors (Lipinski definition) is 1. The standard InChI is InChI=1S/C16H17FN2O2/c1-12-9-14(19(2)18-12)11-21-15-7-6-13(16(17)10-15)5-3-4-8-20/h6-7,9-10,20H,4,8,11H2,1-2H3. The lowest BCUT2D eigenvalue weighted by Gasteiger charge is -2.07. The molecule has 0 aliphatic rings. The van der Waals surface area contributed by atoms with Crippen LogP contribution in [0.5, 0.6) is 5.75 Å². The summed E-state index contributed by atoms with van der Waals surface area (Å²) in [4.78, 5) is 0. The van der Waals surface area contributed by atoms with Crippen LogP contribution in [0.2, 0.25) is 0 Å². The molecule has 0 fully saturated rings. The molecule has 5 heteroatoms. The number of aromatic nitrogens is 2. The first-order valence-electron chi connectivity index (χ1n) is 6.61. The fourth-order valence-corrected chi connectivity index (χ4v) is 1.86. The van der Waals surface area contributed by atoms with E-state index in [1.54, 1.807) is 16.8 Å². The summed E-state index contributed by atoms with van der Waals surface area (Å²) in [5.41, 5.74) is 2.13. The number of aryl methyl sites for hydroxylation is 2. The summed E-state index contributed by atoms with van der Waals surface area (Å²) >= 11 is 0. The second-order valence-electron chi connectivity index (χ2n) is 4.61. The molecule has 0 amide bonds. The molecular formula is C16H17FN2O2. The summed E-state index contributed by atoms with van der Waals surface area (Å²) < 4.78 is 21.1. The van der Waals surface area contributed by atoms with Gasteiger partial charge >= 0.3 is 0 Å². The van der Waals surface area contributed by atoms with E-state index in [2.05, 4.69) is 16.9 Å². The summed E-state index contributed by atoms with van der Waals surface area (Å²) in [5.74, 6) is 5.37. The highest BCUT2D eigenvalue weighted by molar-refractivity contribution is 5.39. The highest BCUT2D eigenvalue weighted by atomic mass is 19.1. The molecule has 0 unspecified atom stereocenters. The van der Waals surface area contributed by atoms with Crippen molar-refractivity contribution in [2.75, 3.05) is 6.61 Å². The summed E-state index contributed by atoms with van der Waals surface area (Å²) in [6.07, 6.45) is 0.331. The van der Waals surface area contributed by atoms with E-state index < -0.39 is 5.82 Å². The Kier molecular flexibility index (Phi) is 4.96. The van der Waals surface area contributed by atoms with Crippen LogP contribution in [-0.4, -0.2) is 21.5 Å². The maximum atomic E-state index is 13.8. The van der Waals surface area contributed by atoms with Crippen molar-refractivity contribution in [3.8, 4) is 17.6 Å². The van der Waals surface area contributed by atoms with Crippen LogP contribution >= 0.6 is 0 Å². The normalized spacial score (nSPS) is 10.1. The predicted molar refractivity (Wildman–Crippen MR) is 77.3 cm³/mol. The average Bonchev–Trinajstić information content (AvgIpc) is 2.77. The number of benzene rings is 1. The molecule has 1 aromatic heterocycles. The van der Waals surface area contributed by atoms with E-state index in [1.807, 2.05) is 20.0 Å². The third kappa shape index (κ3) is 4.07. The van der Waals surface area contributed by atoms with E-state index in [1.165, 1.54) is 6.07 Å². The van der Waals surface area contributed by atoms with Gasteiger partial charge in [0.15, 0.2) is 0 Å². The Balaban J connectivity index is 2.04. The smallest absolute Gasteiger partial charge is 0.142 e. The average molecular weight is 288 g/mol. The second kappa shape index (κ2) is 6.91. The lowest BCUT2D eigenvalue weighted by Crippen LogP contribution is -2.03. The zero-order valence-corrected chi connectivity index (χ0v) is 12.1. The lowest BCUT2D eigenvalue weighted by atomic mass is 10.2. The van der Waals surface area contributed by atoms with E-state index in [0.717, 1.165) is 11.4 Å². The topological polar surface area (TPSA) is 47.3 Å². The quantitative estimate of drug-likeness (QED) is 0.877. The van der Waals surface area contributed by atoms with Crippen LogP contribution in [0.4, 0.5) is 4.39 Å². The van der Waals surface area contributed by atoms with Crippen LogP contribution in [-0.2, 0) is 13.7 Å². The first kappa shape index (κ1) is 15.1. The molecule has 1 heterocycles. The van der Waals surface area contributed by atoms with Gasteiger partial charge in [-0.25, -0.2) is 4.39 Å². The molecule has 1 N–H and O–H groups in total. The van der Waals surface area contributed by atoms with Crippen molar-refractivity contribution in [1.29, 1.82) is 0 Å². The van der Waals surface area contributed by atoms with E-state index in [9.17, 15) is 4.39 Å². The fourth-order valence-electron chi connectivity index (χ4n) is 1.86. The van der Waals surface area contributed by atoms with Crippen LogP contribution in [0.25, 0.3) is 0 Å². The van der Waals surface area contributed by atoms with Crippen molar-refractivity contribution in [2.45, 2.75) is 20.0 Å². The monoisotopic (exact) mass is 288 g/mol. The molecule has 0 radical (unpaired) electrons. The van der Waals surface area contributed by atoms with Crippen molar-refractivity contribution in [3.63, 3.8) is 0 Å². The molecule has 2 aromatic rings. The Bertz CT molecular complexity index is 683. The molecule has 0 aliphatic heterocycles. The van der Waals surface area contributed by atoms with E-state index in [4.69, 9.17) is 9.84 Å². The fraction of sp³-hybridized carbons (Fsp3) is 0.312. The van der Waals surface area contributed by atoms with Crippen molar-refractivity contribution in [2.24, 2.45) is 7.05 Å². The molecule has 1 aromatic carbocycles. The summed E-state index contributed by atoms with van der Waals surface area (Å²) in [6, 6.07) is 6.48. The number of halogens is 1. The van der Waals surface area contributed by atoms with Gasteiger partial charge < -0.3 is 9.84 Å². The Morgan fingerprint density at radius 2 is 2.19 bits per heavy atom. The van der Waals surface area contributed by atoms with Gasteiger partial charge in [-0.3, -0.25) is 4.68 Å². The van der Waals surface area contributed by atoms with Crippen molar-refractivity contribution >= 4 is 0 Å². The third-order valence-electron chi connectivity index (χ3n) is 2.89. The van der Waals surface area contributed by atoms with E-state index in [0.29, 0.717) is 24.3 Å². The predicted octanol–water partition coefficient (Wildman–Crippen LogP) is 2.18. The minimum atomic E-state index is -0.431. The molecule has 0 bridgehead atoms. The summed E-state index contributed by atoms with van der Waals surface area (Å²) in [6.45, 7) is 2.20. The number of nitrogens with zero attached hydrogens (tertiary/aromatic N) is 2. The summed E-state index contributed by atoms with van der Waals surface area (Å²) in [5, 5.41) is 12.9. The van der Waals surface area contributed by atoms with Gasteiger partial charge in [-0.2, -0.15) is 5.10 Å². The first-order chi connectivity index (χ1) is 10.1. The van der Waals surface area contributed by atoms with Gasteiger partial charge in [-0.05, 0) is 25.1 Å². The minimum Gasteiger partial charge on any atom is -0.487 e. The molecule has 0 atom stereocenters. The number of ether oxygens (including phenoxy) is 1. The molecule has 2 rings (SSSR count). The van der Waals surface area contributed by atoms with Crippen LogP contribution in [0.1, 0.15) is 23.4 Å². The van der Waals surface area contributed by atoms with Crippen LogP contribution in [0, 0.1) is 24.6 Å². The van der Waals surface area contributed by atoms with Gasteiger partial charge in [0.25, 0.3) is 0 Å². The number of hydrogen-bond acceptors (Lipinski definition) is 3. The molecule has 21 heavy (non-hydrogen) atoms. The van der Waals surface area contributed by atoms with Gasteiger partial charge in [0.2, 0.25) is 0 Å². The molecule has 0 saturated heterocycles. The van der Waals surface area contributed by atoms with E-state index in [-0.39, 0.29) is 6.61 Å². The maximum absolute atomic E-state index is 13.8. The van der Waals surface area contributed by atoms with Gasteiger partial charge in [-0.15, -0.1) is 0 Å². The summed E-state index contributed by atoms with van der Waals surface area (Å²) in [7, 11) is 1.84. The molecule has 0 saturated carbocycles. The largest absolute Gasteiger partial charge is 0.487 e. The molecular weight excluding hydrogens is 271 g/mol. The first-order valence-corrected chi connectivity index (χ1v) is 6.61. The number of aliphatic hydroxyl groups is 1. The minimum absolute atomic E-state index is 0.0278. The highest BCUT2D eigenvalue weighted by Crippen LogP contribution is 2.17. The molecule has 0 aliphatic carbocycles. The van der Waals surface area contributed by atoms with Crippen LogP contribution in [0.3, 0.4) is 0 Å². The molecule has 110 valence electrons. The SMILES string of the molecule is Cc1cc(COc2ccc(C#CCCO)c(F)c2)n(C)n1. The van der Waals surface area contributed by atoms with Gasteiger partial charge in [-0.1, -0.05) is 11.8 Å².